The van der Waals surface area contributed by atoms with Crippen molar-refractivity contribution >= 4 is 11.6 Å². The third-order valence-corrected chi connectivity index (χ3v) is 4.93. The topological polar surface area (TPSA) is 102 Å². The summed E-state index contributed by atoms with van der Waals surface area (Å²) in [4.78, 5) is 25.2. The van der Waals surface area contributed by atoms with E-state index in [-0.39, 0.29) is 30.1 Å². The van der Waals surface area contributed by atoms with Crippen molar-refractivity contribution in [3.8, 4) is 11.5 Å². The Balaban J connectivity index is 1.53. The molecule has 0 atom stereocenters. The van der Waals surface area contributed by atoms with Gasteiger partial charge in [-0.15, -0.1) is 10.2 Å². The van der Waals surface area contributed by atoms with E-state index in [4.69, 9.17) is 4.42 Å². The lowest BCUT2D eigenvalue weighted by Gasteiger charge is -2.20. The van der Waals surface area contributed by atoms with Gasteiger partial charge in [-0.1, -0.05) is 25.1 Å². The van der Waals surface area contributed by atoms with Gasteiger partial charge < -0.3 is 9.32 Å². The second-order valence-electron chi connectivity index (χ2n) is 7.02. The summed E-state index contributed by atoms with van der Waals surface area (Å²) >= 11 is 0. The van der Waals surface area contributed by atoms with E-state index in [0.29, 0.717) is 17.0 Å². The van der Waals surface area contributed by atoms with Crippen LogP contribution in [0.2, 0.25) is 0 Å². The van der Waals surface area contributed by atoms with Gasteiger partial charge in [0, 0.05) is 29.3 Å². The van der Waals surface area contributed by atoms with Gasteiger partial charge >= 0.3 is 0 Å². The zero-order valence-corrected chi connectivity index (χ0v) is 15.9. The predicted molar refractivity (Wildman–Crippen MR) is 105 cm³/mol. The summed E-state index contributed by atoms with van der Waals surface area (Å²) in [5.41, 5.74) is 2.23. The van der Waals surface area contributed by atoms with Gasteiger partial charge in [-0.25, -0.2) is 0 Å². The van der Waals surface area contributed by atoms with Gasteiger partial charge in [-0.2, -0.15) is 0 Å². The molecule has 0 N–H and O–H groups in total. The third kappa shape index (κ3) is 4.16. The highest BCUT2D eigenvalue weighted by Crippen LogP contribution is 2.30. The Morgan fingerprint density at radius 3 is 2.62 bits per heavy atom. The van der Waals surface area contributed by atoms with Crippen LogP contribution in [-0.4, -0.2) is 32.0 Å². The van der Waals surface area contributed by atoms with Crippen LogP contribution in [0.25, 0.3) is 11.5 Å². The number of nitro benzene ring substituents is 1. The third-order valence-electron chi connectivity index (χ3n) is 4.93. The molecule has 8 heteroatoms. The molecule has 4 rings (SSSR count). The average molecular weight is 392 g/mol. The molecular formula is C21H20N4O4. The molecule has 1 aromatic heterocycles. The molecule has 3 aromatic rings. The van der Waals surface area contributed by atoms with E-state index in [0.717, 1.165) is 19.3 Å². The molecule has 2 aromatic carbocycles. The molecular weight excluding hydrogens is 372 g/mol. The summed E-state index contributed by atoms with van der Waals surface area (Å²) in [6.07, 6.45) is 2.82. The Bertz CT molecular complexity index is 1040. The van der Waals surface area contributed by atoms with Crippen LogP contribution in [0, 0.1) is 10.1 Å². The van der Waals surface area contributed by atoms with Gasteiger partial charge in [-0.05, 0) is 43.0 Å². The van der Waals surface area contributed by atoms with Crippen LogP contribution in [0.1, 0.15) is 41.6 Å². The van der Waals surface area contributed by atoms with Crippen LogP contribution in [0.15, 0.2) is 52.9 Å². The molecule has 148 valence electrons. The lowest BCUT2D eigenvalue weighted by molar-refractivity contribution is -0.384. The number of amides is 1. The summed E-state index contributed by atoms with van der Waals surface area (Å²) in [7, 11) is 0. The van der Waals surface area contributed by atoms with Gasteiger partial charge in [0.15, 0.2) is 0 Å². The van der Waals surface area contributed by atoms with Gasteiger partial charge in [0.1, 0.15) is 0 Å². The number of carbonyl (C=O) groups is 1. The Morgan fingerprint density at radius 2 is 1.97 bits per heavy atom. The van der Waals surface area contributed by atoms with Crippen LogP contribution >= 0.6 is 0 Å². The van der Waals surface area contributed by atoms with Crippen molar-refractivity contribution in [1.29, 1.82) is 0 Å². The molecule has 1 amide bonds. The van der Waals surface area contributed by atoms with Gasteiger partial charge in [0.2, 0.25) is 11.8 Å². The van der Waals surface area contributed by atoms with E-state index in [1.54, 1.807) is 17.0 Å². The van der Waals surface area contributed by atoms with Crippen LogP contribution in [-0.2, 0) is 13.0 Å². The molecule has 0 aliphatic heterocycles. The largest absolute Gasteiger partial charge is 0.419 e. The summed E-state index contributed by atoms with van der Waals surface area (Å²) in [6.45, 7) is 2.28. The first kappa shape index (κ1) is 18.8. The number of nitro groups is 1. The summed E-state index contributed by atoms with van der Waals surface area (Å²) in [6, 6.07) is 13.8. The summed E-state index contributed by atoms with van der Waals surface area (Å²) in [5, 5.41) is 19.0. The smallest absolute Gasteiger partial charge is 0.270 e. The van der Waals surface area contributed by atoms with Crippen LogP contribution in [0.3, 0.4) is 0 Å². The number of nitrogens with zero attached hydrogens (tertiary/aromatic N) is 4. The minimum Gasteiger partial charge on any atom is -0.419 e. The van der Waals surface area contributed by atoms with E-state index in [1.807, 2.05) is 24.3 Å². The summed E-state index contributed by atoms with van der Waals surface area (Å²) in [5.74, 6) is 0.432. The maximum atomic E-state index is 13.0. The first-order chi connectivity index (χ1) is 14.0. The lowest BCUT2D eigenvalue weighted by atomic mass is 10.1. The molecule has 0 radical (unpaired) electrons. The van der Waals surface area contributed by atoms with E-state index >= 15 is 0 Å². The molecule has 8 nitrogen and oxygen atoms in total. The van der Waals surface area contributed by atoms with Crippen LogP contribution in [0.4, 0.5) is 5.69 Å². The SMILES string of the molecule is CCc1ccc(C(=O)N(Cc2nnc(-c3cccc([N+](=O)[O-])c3)o2)C2CC2)cc1. The molecule has 29 heavy (non-hydrogen) atoms. The van der Waals surface area contributed by atoms with Crippen LogP contribution < -0.4 is 0 Å². The highest BCUT2D eigenvalue weighted by molar-refractivity contribution is 5.94. The number of carbonyl (C=O) groups excluding carboxylic acids is 1. The number of hydrogen-bond donors (Lipinski definition) is 0. The Morgan fingerprint density at radius 1 is 1.21 bits per heavy atom. The second kappa shape index (κ2) is 7.83. The maximum absolute atomic E-state index is 13.0. The number of aromatic nitrogens is 2. The molecule has 1 saturated carbocycles. The molecule has 0 saturated heterocycles. The number of benzene rings is 2. The molecule has 0 unspecified atom stereocenters. The van der Waals surface area contributed by atoms with Gasteiger partial charge in [0.25, 0.3) is 11.6 Å². The number of aryl methyl sites for hydroxylation is 1. The zero-order valence-electron chi connectivity index (χ0n) is 15.9. The number of non-ortho nitro benzene ring substituents is 1. The number of rotatable bonds is 7. The van der Waals surface area contributed by atoms with Gasteiger partial charge in [-0.3, -0.25) is 14.9 Å². The van der Waals surface area contributed by atoms with Crippen LogP contribution in [0.5, 0.6) is 0 Å². The van der Waals surface area contributed by atoms with E-state index in [2.05, 4.69) is 17.1 Å². The first-order valence-corrected chi connectivity index (χ1v) is 9.52. The first-order valence-electron chi connectivity index (χ1n) is 9.52. The van der Waals surface area contributed by atoms with Crippen molar-refractivity contribution in [3.05, 3.63) is 75.7 Å². The van der Waals surface area contributed by atoms with E-state index in [1.165, 1.54) is 17.7 Å². The zero-order chi connectivity index (χ0) is 20.4. The van der Waals surface area contributed by atoms with Crippen molar-refractivity contribution in [2.45, 2.75) is 38.8 Å². The van der Waals surface area contributed by atoms with Crippen molar-refractivity contribution in [1.82, 2.24) is 15.1 Å². The Kier molecular flexibility index (Phi) is 5.07. The summed E-state index contributed by atoms with van der Waals surface area (Å²) < 4.78 is 5.70. The molecule has 1 fully saturated rings. The fourth-order valence-electron chi connectivity index (χ4n) is 3.13. The second-order valence-corrected chi connectivity index (χ2v) is 7.02. The van der Waals surface area contributed by atoms with Crippen molar-refractivity contribution in [3.63, 3.8) is 0 Å². The fraction of sp³-hybridized carbons (Fsp3) is 0.286. The standard InChI is InChI=1S/C21H20N4O4/c1-2-14-6-8-15(9-7-14)21(26)24(17-10-11-17)13-19-22-23-20(29-19)16-4-3-5-18(12-16)25(27)28/h3-9,12,17H,2,10-11,13H2,1H3. The Labute approximate surface area is 167 Å². The average Bonchev–Trinajstić information content (AvgIpc) is 3.49. The fourth-order valence-corrected chi connectivity index (χ4v) is 3.13. The quantitative estimate of drug-likeness (QED) is 0.445. The van der Waals surface area contributed by atoms with Crippen molar-refractivity contribution in [2.24, 2.45) is 0 Å². The van der Waals surface area contributed by atoms with Crippen molar-refractivity contribution in [2.75, 3.05) is 0 Å². The number of hydrogen-bond acceptors (Lipinski definition) is 6. The van der Waals surface area contributed by atoms with E-state index < -0.39 is 4.92 Å². The molecule has 1 aliphatic rings. The lowest BCUT2D eigenvalue weighted by Crippen LogP contribution is -2.32. The monoisotopic (exact) mass is 392 g/mol. The predicted octanol–water partition coefficient (Wildman–Crippen LogP) is 4.01. The molecule has 1 aliphatic carbocycles. The molecule has 1 heterocycles. The highest BCUT2D eigenvalue weighted by Gasteiger charge is 2.34. The van der Waals surface area contributed by atoms with Crippen molar-refractivity contribution < 1.29 is 14.1 Å². The minimum absolute atomic E-state index is 0.0486. The van der Waals surface area contributed by atoms with E-state index in [9.17, 15) is 14.9 Å². The molecule has 0 spiro atoms. The normalized spacial score (nSPS) is 13.3. The molecule has 0 bridgehead atoms. The minimum atomic E-state index is -0.474. The Hall–Kier alpha value is -3.55. The maximum Gasteiger partial charge on any atom is 0.270 e. The highest BCUT2D eigenvalue weighted by atomic mass is 16.6. The van der Waals surface area contributed by atoms with Gasteiger partial charge in [0.05, 0.1) is 11.5 Å².